The number of carbonyl (C=O) groups excluding carboxylic acids is 1. The van der Waals surface area contributed by atoms with E-state index in [-0.39, 0.29) is 16.7 Å². The molecule has 0 aliphatic carbocycles. The number of nitrogens with one attached hydrogen (secondary N) is 2. The molecule has 1 amide bonds. The number of nitrogens with zero attached hydrogens (tertiary/aromatic N) is 2. The van der Waals surface area contributed by atoms with E-state index in [1.54, 1.807) is 6.07 Å². The number of amides is 1. The SMILES string of the molecule is O=C(Nc1ccc(Cl)c(Cl)c1)c1ccnc(Nc2c(F)cccc2F)n1. The highest BCUT2D eigenvalue weighted by Gasteiger charge is 2.13. The molecule has 0 aliphatic rings. The Morgan fingerprint density at radius 3 is 2.42 bits per heavy atom. The lowest BCUT2D eigenvalue weighted by Gasteiger charge is -2.09. The number of anilines is 3. The minimum Gasteiger partial charge on any atom is -0.321 e. The van der Waals surface area contributed by atoms with Gasteiger partial charge in [0.15, 0.2) is 0 Å². The van der Waals surface area contributed by atoms with Crippen LogP contribution in [0.1, 0.15) is 10.5 Å². The normalized spacial score (nSPS) is 10.5. The summed E-state index contributed by atoms with van der Waals surface area (Å²) < 4.78 is 27.4. The highest BCUT2D eigenvalue weighted by atomic mass is 35.5. The molecule has 0 fully saturated rings. The first-order valence-electron chi connectivity index (χ1n) is 7.24. The third-order valence-electron chi connectivity index (χ3n) is 3.27. The lowest BCUT2D eigenvalue weighted by molar-refractivity contribution is 0.102. The van der Waals surface area contributed by atoms with Crippen LogP contribution in [0.4, 0.5) is 26.1 Å². The molecule has 3 rings (SSSR count). The highest BCUT2D eigenvalue weighted by Crippen LogP contribution is 2.25. The second-order valence-corrected chi connectivity index (χ2v) is 5.88. The minimum absolute atomic E-state index is 0.00896. The Bertz CT molecular complexity index is 964. The number of benzene rings is 2. The van der Waals surface area contributed by atoms with Crippen LogP contribution in [0.3, 0.4) is 0 Å². The van der Waals surface area contributed by atoms with Crippen LogP contribution in [0.15, 0.2) is 48.7 Å². The van der Waals surface area contributed by atoms with Gasteiger partial charge in [-0.2, -0.15) is 0 Å². The van der Waals surface area contributed by atoms with Gasteiger partial charge in [-0.1, -0.05) is 29.3 Å². The van der Waals surface area contributed by atoms with E-state index in [0.29, 0.717) is 10.7 Å². The molecule has 0 bridgehead atoms. The Labute approximate surface area is 157 Å². The third kappa shape index (κ3) is 4.07. The molecule has 3 aromatic rings. The summed E-state index contributed by atoms with van der Waals surface area (Å²) in [5.74, 6) is -2.29. The van der Waals surface area contributed by atoms with Gasteiger partial charge in [-0.3, -0.25) is 4.79 Å². The first kappa shape index (κ1) is 18.0. The van der Waals surface area contributed by atoms with Crippen LogP contribution >= 0.6 is 23.2 Å². The van der Waals surface area contributed by atoms with Crippen molar-refractivity contribution in [3.63, 3.8) is 0 Å². The van der Waals surface area contributed by atoms with Crippen LogP contribution in [0, 0.1) is 11.6 Å². The maximum absolute atomic E-state index is 13.7. The zero-order valence-corrected chi connectivity index (χ0v) is 14.4. The summed E-state index contributed by atoms with van der Waals surface area (Å²) in [6.07, 6.45) is 1.29. The number of hydrogen-bond donors (Lipinski definition) is 2. The van der Waals surface area contributed by atoms with Gasteiger partial charge in [-0.15, -0.1) is 0 Å². The number of hydrogen-bond acceptors (Lipinski definition) is 4. The summed E-state index contributed by atoms with van der Waals surface area (Å²) in [5, 5.41) is 5.65. The molecule has 0 unspecified atom stereocenters. The summed E-state index contributed by atoms with van der Waals surface area (Å²) in [6, 6.07) is 9.36. The van der Waals surface area contributed by atoms with Crippen molar-refractivity contribution in [2.24, 2.45) is 0 Å². The standard InChI is InChI=1S/C17H10Cl2F2N4O/c18-10-5-4-9(8-11(10)19)23-16(26)14-6-7-22-17(24-14)25-15-12(20)2-1-3-13(15)21/h1-8H,(H,23,26)(H,22,24,25). The van der Waals surface area contributed by atoms with Crippen molar-refractivity contribution in [3.8, 4) is 0 Å². The molecular formula is C17H10Cl2F2N4O. The second kappa shape index (κ2) is 7.63. The number of halogens is 4. The van der Waals surface area contributed by atoms with E-state index in [2.05, 4.69) is 20.6 Å². The Morgan fingerprint density at radius 1 is 1.00 bits per heavy atom. The van der Waals surface area contributed by atoms with Gasteiger partial charge < -0.3 is 10.6 Å². The zero-order chi connectivity index (χ0) is 18.7. The van der Waals surface area contributed by atoms with Crippen LogP contribution in [-0.4, -0.2) is 15.9 Å². The smallest absolute Gasteiger partial charge is 0.274 e. The van der Waals surface area contributed by atoms with E-state index >= 15 is 0 Å². The molecule has 132 valence electrons. The third-order valence-corrected chi connectivity index (χ3v) is 4.00. The average Bonchev–Trinajstić information content (AvgIpc) is 2.62. The molecule has 1 heterocycles. The number of para-hydroxylation sites is 1. The van der Waals surface area contributed by atoms with Gasteiger partial charge in [0.2, 0.25) is 5.95 Å². The summed E-state index contributed by atoms with van der Waals surface area (Å²) >= 11 is 11.7. The van der Waals surface area contributed by atoms with Crippen LogP contribution in [0.5, 0.6) is 0 Å². The van der Waals surface area contributed by atoms with Crippen molar-refractivity contribution < 1.29 is 13.6 Å². The second-order valence-electron chi connectivity index (χ2n) is 5.07. The molecular weight excluding hydrogens is 385 g/mol. The maximum Gasteiger partial charge on any atom is 0.274 e. The number of aromatic nitrogens is 2. The van der Waals surface area contributed by atoms with Gasteiger partial charge in [0, 0.05) is 11.9 Å². The molecule has 0 saturated heterocycles. The van der Waals surface area contributed by atoms with Crippen LogP contribution < -0.4 is 10.6 Å². The minimum atomic E-state index is -0.806. The average molecular weight is 395 g/mol. The molecule has 1 aromatic heterocycles. The van der Waals surface area contributed by atoms with E-state index in [1.807, 2.05) is 0 Å². The molecule has 9 heteroatoms. The molecule has 5 nitrogen and oxygen atoms in total. The lowest BCUT2D eigenvalue weighted by Crippen LogP contribution is -2.15. The van der Waals surface area contributed by atoms with E-state index in [0.717, 1.165) is 12.1 Å². The van der Waals surface area contributed by atoms with Crippen molar-refractivity contribution in [2.75, 3.05) is 10.6 Å². The van der Waals surface area contributed by atoms with Crippen LogP contribution in [0.25, 0.3) is 0 Å². The number of rotatable bonds is 4. The molecule has 2 N–H and O–H groups in total. The van der Waals surface area contributed by atoms with Crippen molar-refractivity contribution in [3.05, 3.63) is 76.0 Å². The van der Waals surface area contributed by atoms with Gasteiger partial charge in [0.25, 0.3) is 5.91 Å². The Morgan fingerprint density at radius 2 is 1.73 bits per heavy atom. The summed E-state index contributed by atoms with van der Waals surface area (Å²) in [5.41, 5.74) is -0.00229. The Balaban J connectivity index is 1.80. The van der Waals surface area contributed by atoms with Crippen LogP contribution in [0.2, 0.25) is 10.0 Å². The van der Waals surface area contributed by atoms with E-state index in [1.165, 1.54) is 30.5 Å². The molecule has 2 aromatic carbocycles. The fraction of sp³-hybridized carbons (Fsp3) is 0. The van der Waals surface area contributed by atoms with E-state index < -0.39 is 23.2 Å². The molecule has 0 aliphatic heterocycles. The lowest BCUT2D eigenvalue weighted by atomic mass is 10.3. The van der Waals surface area contributed by atoms with Gasteiger partial charge in [0.05, 0.1) is 10.0 Å². The molecule has 0 atom stereocenters. The molecule has 0 radical (unpaired) electrons. The largest absolute Gasteiger partial charge is 0.321 e. The quantitative estimate of drug-likeness (QED) is 0.648. The van der Waals surface area contributed by atoms with Crippen molar-refractivity contribution in [1.29, 1.82) is 0 Å². The van der Waals surface area contributed by atoms with Gasteiger partial charge in [-0.05, 0) is 36.4 Å². The van der Waals surface area contributed by atoms with Crippen molar-refractivity contribution in [2.45, 2.75) is 0 Å². The Hall–Kier alpha value is -2.77. The summed E-state index contributed by atoms with van der Waals surface area (Å²) in [6.45, 7) is 0. The first-order valence-corrected chi connectivity index (χ1v) is 8.00. The first-order chi connectivity index (χ1) is 12.4. The Kier molecular flexibility index (Phi) is 5.29. The summed E-state index contributed by atoms with van der Waals surface area (Å²) in [7, 11) is 0. The molecule has 0 spiro atoms. The monoisotopic (exact) mass is 394 g/mol. The van der Waals surface area contributed by atoms with Crippen molar-refractivity contribution >= 4 is 46.4 Å². The van der Waals surface area contributed by atoms with E-state index in [9.17, 15) is 13.6 Å². The van der Waals surface area contributed by atoms with E-state index in [4.69, 9.17) is 23.2 Å². The van der Waals surface area contributed by atoms with Gasteiger partial charge >= 0.3 is 0 Å². The summed E-state index contributed by atoms with van der Waals surface area (Å²) in [4.78, 5) is 20.1. The highest BCUT2D eigenvalue weighted by molar-refractivity contribution is 6.42. The fourth-order valence-corrected chi connectivity index (χ4v) is 2.34. The predicted molar refractivity (Wildman–Crippen MR) is 96.1 cm³/mol. The predicted octanol–water partition coefficient (Wildman–Crippen LogP) is 5.06. The zero-order valence-electron chi connectivity index (χ0n) is 12.9. The van der Waals surface area contributed by atoms with Crippen LogP contribution in [-0.2, 0) is 0 Å². The molecule has 26 heavy (non-hydrogen) atoms. The molecule has 0 saturated carbocycles. The number of carbonyl (C=O) groups is 1. The fourth-order valence-electron chi connectivity index (χ4n) is 2.04. The van der Waals surface area contributed by atoms with Gasteiger partial charge in [0.1, 0.15) is 23.0 Å². The topological polar surface area (TPSA) is 66.9 Å². The van der Waals surface area contributed by atoms with Crippen molar-refractivity contribution in [1.82, 2.24) is 9.97 Å². The maximum atomic E-state index is 13.7. The van der Waals surface area contributed by atoms with Gasteiger partial charge in [-0.25, -0.2) is 18.7 Å².